The molecule has 1 fully saturated rings. The van der Waals surface area contributed by atoms with Gasteiger partial charge in [-0.1, -0.05) is 41.7 Å². The molecule has 3 heterocycles. The number of hydrogen-bond acceptors (Lipinski definition) is 9. The Morgan fingerprint density at radius 2 is 1.85 bits per heavy atom. The van der Waals surface area contributed by atoms with Crippen LogP contribution in [0.3, 0.4) is 0 Å². The van der Waals surface area contributed by atoms with Crippen LogP contribution in [0.5, 0.6) is 11.5 Å². The Labute approximate surface area is 240 Å². The number of amides is 1. The van der Waals surface area contributed by atoms with Gasteiger partial charge in [0.25, 0.3) is 11.5 Å². The fraction of sp³-hybridized carbons (Fsp3) is 0.333. The minimum atomic E-state index is -0.761. The van der Waals surface area contributed by atoms with E-state index in [9.17, 15) is 14.4 Å². The van der Waals surface area contributed by atoms with Crippen molar-refractivity contribution in [3.8, 4) is 11.5 Å². The van der Waals surface area contributed by atoms with Gasteiger partial charge in [0.2, 0.25) is 0 Å². The largest absolute Gasteiger partial charge is 0.496 e. The minimum absolute atomic E-state index is 0.0525. The lowest BCUT2D eigenvalue weighted by Crippen LogP contribution is -2.42. The number of rotatable bonds is 8. The van der Waals surface area contributed by atoms with E-state index in [0.29, 0.717) is 64.0 Å². The number of methoxy groups -OCH3 is 1. The van der Waals surface area contributed by atoms with Crippen LogP contribution in [-0.4, -0.2) is 68.0 Å². The van der Waals surface area contributed by atoms with Gasteiger partial charge in [-0.3, -0.25) is 14.2 Å². The standard InChI is InChI=1S/C30H31N3O7S/c1-4-39-29(36)26-19(2)31-30-33(27(26)22-7-5-6-8-23(22)37-3)28(35)24(41-30)17-20-9-11-21(12-10-20)40-18-25(34)32-13-15-38-16-14-32/h5-12,17,27H,4,13-16,18H2,1-3H3/b24-17+/t27-/m1/s1. The smallest absolute Gasteiger partial charge is 0.338 e. The summed E-state index contributed by atoms with van der Waals surface area (Å²) in [6, 6.07) is 13.7. The van der Waals surface area contributed by atoms with E-state index in [1.807, 2.05) is 30.3 Å². The van der Waals surface area contributed by atoms with Crippen LogP contribution in [0.25, 0.3) is 6.08 Å². The summed E-state index contributed by atoms with van der Waals surface area (Å²) < 4.78 is 23.9. The first-order valence-corrected chi connectivity index (χ1v) is 14.1. The van der Waals surface area contributed by atoms with Gasteiger partial charge in [-0.25, -0.2) is 9.79 Å². The minimum Gasteiger partial charge on any atom is -0.496 e. The monoisotopic (exact) mass is 577 g/mol. The maximum absolute atomic E-state index is 13.8. The topological polar surface area (TPSA) is 109 Å². The molecule has 1 aromatic heterocycles. The van der Waals surface area contributed by atoms with E-state index in [2.05, 4.69) is 4.99 Å². The van der Waals surface area contributed by atoms with Crippen LogP contribution in [0.1, 0.15) is 31.0 Å². The quantitative estimate of drug-likeness (QED) is 0.377. The lowest BCUT2D eigenvalue weighted by Gasteiger charge is -2.26. The van der Waals surface area contributed by atoms with Crippen molar-refractivity contribution < 1.29 is 28.5 Å². The molecule has 1 saturated heterocycles. The molecule has 0 bridgehead atoms. The number of thiazole rings is 1. The second-order valence-corrected chi connectivity index (χ2v) is 10.4. The number of esters is 1. The van der Waals surface area contributed by atoms with Gasteiger partial charge < -0.3 is 23.8 Å². The van der Waals surface area contributed by atoms with Gasteiger partial charge in [-0.15, -0.1) is 0 Å². The highest BCUT2D eigenvalue weighted by Crippen LogP contribution is 2.35. The molecule has 0 N–H and O–H groups in total. The Kier molecular flexibility index (Phi) is 8.65. The molecular formula is C30H31N3O7S. The first-order valence-electron chi connectivity index (χ1n) is 13.3. The second kappa shape index (κ2) is 12.5. The number of nitrogens with zero attached hydrogens (tertiary/aromatic N) is 3. The molecule has 41 heavy (non-hydrogen) atoms. The number of fused-ring (bicyclic) bond motifs is 1. The molecule has 3 aromatic rings. The number of para-hydroxylation sites is 1. The van der Waals surface area contributed by atoms with Crippen LogP contribution < -0.4 is 24.4 Å². The number of carbonyl (C=O) groups excluding carboxylic acids is 2. The summed E-state index contributed by atoms with van der Waals surface area (Å²) in [6.45, 7) is 5.83. The first-order chi connectivity index (χ1) is 19.9. The molecule has 5 rings (SSSR count). The van der Waals surface area contributed by atoms with E-state index in [1.54, 1.807) is 50.1 Å². The number of aromatic nitrogens is 1. The van der Waals surface area contributed by atoms with Crippen molar-refractivity contribution in [1.82, 2.24) is 9.47 Å². The number of morpholine rings is 1. The van der Waals surface area contributed by atoms with Crippen LogP contribution in [0, 0.1) is 0 Å². The number of carbonyl (C=O) groups is 2. The Bertz CT molecular complexity index is 1650. The number of hydrogen-bond donors (Lipinski definition) is 0. The van der Waals surface area contributed by atoms with Crippen molar-refractivity contribution in [3.05, 3.63) is 90.6 Å². The van der Waals surface area contributed by atoms with E-state index in [4.69, 9.17) is 18.9 Å². The summed E-state index contributed by atoms with van der Waals surface area (Å²) in [5, 5.41) is 0. The van der Waals surface area contributed by atoms with Crippen molar-refractivity contribution >= 4 is 29.3 Å². The maximum atomic E-state index is 13.8. The van der Waals surface area contributed by atoms with Gasteiger partial charge in [0.15, 0.2) is 11.4 Å². The summed E-state index contributed by atoms with van der Waals surface area (Å²) in [7, 11) is 1.55. The molecule has 10 nitrogen and oxygen atoms in total. The molecule has 0 unspecified atom stereocenters. The molecule has 2 aliphatic rings. The van der Waals surface area contributed by atoms with Crippen LogP contribution in [0.2, 0.25) is 0 Å². The van der Waals surface area contributed by atoms with Crippen LogP contribution >= 0.6 is 11.3 Å². The summed E-state index contributed by atoms with van der Waals surface area (Å²) in [4.78, 5) is 46.1. The van der Waals surface area contributed by atoms with E-state index >= 15 is 0 Å². The highest BCUT2D eigenvalue weighted by atomic mass is 32.1. The summed E-state index contributed by atoms with van der Waals surface area (Å²) in [6.07, 6.45) is 1.77. The molecule has 1 amide bonds. The highest BCUT2D eigenvalue weighted by molar-refractivity contribution is 7.07. The van der Waals surface area contributed by atoms with Crippen molar-refractivity contribution in [2.75, 3.05) is 46.6 Å². The lowest BCUT2D eigenvalue weighted by atomic mass is 9.95. The third kappa shape index (κ3) is 5.96. The Hall–Kier alpha value is -4.22. The number of benzene rings is 2. The van der Waals surface area contributed by atoms with Gasteiger partial charge >= 0.3 is 5.97 Å². The van der Waals surface area contributed by atoms with Crippen LogP contribution in [-0.2, 0) is 19.1 Å². The van der Waals surface area contributed by atoms with E-state index in [1.165, 1.54) is 15.9 Å². The molecule has 0 radical (unpaired) electrons. The second-order valence-electron chi connectivity index (χ2n) is 9.40. The van der Waals surface area contributed by atoms with Gasteiger partial charge in [0.1, 0.15) is 17.5 Å². The molecule has 2 aliphatic heterocycles. The fourth-order valence-corrected chi connectivity index (χ4v) is 5.89. The van der Waals surface area contributed by atoms with Crippen LogP contribution in [0.15, 0.2) is 69.6 Å². The molecule has 0 saturated carbocycles. The predicted molar refractivity (Wildman–Crippen MR) is 153 cm³/mol. The SMILES string of the molecule is CCOC(=O)C1=C(C)N=c2s/c(=C/c3ccc(OCC(=O)N4CCOCC4)cc3)c(=O)n2[C@@H]1c1ccccc1OC. The normalized spacial score (nSPS) is 17.1. The van der Waals surface area contributed by atoms with Crippen molar-refractivity contribution in [1.29, 1.82) is 0 Å². The van der Waals surface area contributed by atoms with Crippen molar-refractivity contribution in [2.24, 2.45) is 4.99 Å². The molecule has 11 heteroatoms. The van der Waals surface area contributed by atoms with Gasteiger partial charge in [-0.05, 0) is 43.7 Å². The molecule has 1 atom stereocenters. The number of allylic oxidation sites excluding steroid dienone is 1. The molecule has 214 valence electrons. The zero-order chi connectivity index (χ0) is 28.9. The average Bonchev–Trinajstić information content (AvgIpc) is 3.30. The van der Waals surface area contributed by atoms with Crippen molar-refractivity contribution in [3.63, 3.8) is 0 Å². The molecule has 0 spiro atoms. The third-order valence-electron chi connectivity index (χ3n) is 6.85. The Morgan fingerprint density at radius 3 is 2.56 bits per heavy atom. The highest BCUT2D eigenvalue weighted by Gasteiger charge is 2.35. The molecule has 2 aromatic carbocycles. The third-order valence-corrected chi connectivity index (χ3v) is 7.84. The summed E-state index contributed by atoms with van der Waals surface area (Å²) >= 11 is 1.24. The van der Waals surface area contributed by atoms with E-state index in [0.717, 1.165) is 5.56 Å². The van der Waals surface area contributed by atoms with Crippen molar-refractivity contribution in [2.45, 2.75) is 19.9 Å². The average molecular weight is 578 g/mol. The lowest BCUT2D eigenvalue weighted by molar-refractivity contribution is -0.139. The van der Waals surface area contributed by atoms with Gasteiger partial charge in [0, 0.05) is 18.7 Å². The maximum Gasteiger partial charge on any atom is 0.338 e. The van der Waals surface area contributed by atoms with Gasteiger partial charge in [-0.2, -0.15) is 0 Å². The Morgan fingerprint density at radius 1 is 1.12 bits per heavy atom. The first kappa shape index (κ1) is 28.3. The summed E-state index contributed by atoms with van der Waals surface area (Å²) in [5.74, 6) is 0.490. The zero-order valence-corrected chi connectivity index (χ0v) is 23.9. The predicted octanol–water partition coefficient (Wildman–Crippen LogP) is 2.04. The number of ether oxygens (including phenoxy) is 4. The molecular weight excluding hydrogens is 546 g/mol. The molecule has 0 aliphatic carbocycles. The van der Waals surface area contributed by atoms with E-state index in [-0.39, 0.29) is 24.7 Å². The summed E-state index contributed by atoms with van der Waals surface area (Å²) in [5.41, 5.74) is 1.93. The Balaban J connectivity index is 1.46. The fourth-order valence-electron chi connectivity index (χ4n) is 4.84. The zero-order valence-electron chi connectivity index (χ0n) is 23.1. The van der Waals surface area contributed by atoms with Crippen LogP contribution in [0.4, 0.5) is 0 Å². The van der Waals surface area contributed by atoms with E-state index < -0.39 is 12.0 Å². The van der Waals surface area contributed by atoms with Gasteiger partial charge in [0.05, 0.1) is 42.7 Å².